The fourth-order valence-electron chi connectivity index (χ4n) is 2.72. The average Bonchev–Trinajstić information content (AvgIpc) is 2.12. The number of hydrogen-bond acceptors (Lipinski definition) is 1. The molecule has 0 rings (SSSR count). The molecule has 0 heterocycles. The molecule has 104 valence electrons. The molecular weight excluding hydrogens is 206 g/mol. The van der Waals surface area contributed by atoms with Crippen LogP contribution in [0.3, 0.4) is 0 Å². The van der Waals surface area contributed by atoms with E-state index in [0.29, 0.717) is 5.41 Å². The lowest BCUT2D eigenvalue weighted by molar-refractivity contribution is 0.241. The Morgan fingerprint density at radius 3 is 1.82 bits per heavy atom. The zero-order valence-electron chi connectivity index (χ0n) is 13.2. The molecule has 1 N–H and O–H groups in total. The van der Waals surface area contributed by atoms with Crippen molar-refractivity contribution >= 4 is 0 Å². The first-order valence-corrected chi connectivity index (χ1v) is 7.52. The lowest BCUT2D eigenvalue weighted by Crippen LogP contribution is -2.42. The molecule has 0 saturated carbocycles. The molecule has 0 aliphatic rings. The van der Waals surface area contributed by atoms with E-state index in [1.54, 1.807) is 0 Å². The highest BCUT2D eigenvalue weighted by atomic mass is 14.9. The van der Waals surface area contributed by atoms with Gasteiger partial charge < -0.3 is 5.32 Å². The van der Waals surface area contributed by atoms with E-state index in [4.69, 9.17) is 0 Å². The molecule has 0 saturated heterocycles. The second-order valence-electron chi connectivity index (χ2n) is 7.32. The quantitative estimate of drug-likeness (QED) is 0.550. The molecule has 1 heteroatoms. The molecule has 17 heavy (non-hydrogen) atoms. The zero-order valence-corrected chi connectivity index (χ0v) is 13.2. The SMILES string of the molecule is CCCCCCCCNC(C)(C)CC(C)(C)C. The fourth-order valence-corrected chi connectivity index (χ4v) is 2.72. The predicted octanol–water partition coefficient (Wildman–Crippen LogP) is 5.15. The summed E-state index contributed by atoms with van der Waals surface area (Å²) in [6.45, 7) is 15.1. The number of nitrogens with one attached hydrogen (secondary N) is 1. The van der Waals surface area contributed by atoms with Crippen LogP contribution in [0.2, 0.25) is 0 Å². The first-order chi connectivity index (χ1) is 7.77. The smallest absolute Gasteiger partial charge is 0.0130 e. The van der Waals surface area contributed by atoms with Crippen molar-refractivity contribution in [3.63, 3.8) is 0 Å². The number of rotatable bonds is 9. The largest absolute Gasteiger partial charge is 0.312 e. The fraction of sp³-hybridized carbons (Fsp3) is 1.00. The van der Waals surface area contributed by atoms with Crippen molar-refractivity contribution in [2.75, 3.05) is 6.54 Å². The Labute approximate surface area is 110 Å². The van der Waals surface area contributed by atoms with Gasteiger partial charge in [0.25, 0.3) is 0 Å². The summed E-state index contributed by atoms with van der Waals surface area (Å²) in [6.07, 6.45) is 9.53. The average molecular weight is 241 g/mol. The molecule has 0 spiro atoms. The first-order valence-electron chi connectivity index (χ1n) is 7.52. The first kappa shape index (κ1) is 17.0. The molecule has 0 unspecified atom stereocenters. The summed E-state index contributed by atoms with van der Waals surface area (Å²) in [4.78, 5) is 0. The van der Waals surface area contributed by atoms with Crippen molar-refractivity contribution in [1.29, 1.82) is 0 Å². The summed E-state index contributed by atoms with van der Waals surface area (Å²) in [5, 5.41) is 3.71. The van der Waals surface area contributed by atoms with E-state index in [0.717, 1.165) is 0 Å². The van der Waals surface area contributed by atoms with Crippen LogP contribution in [-0.2, 0) is 0 Å². The standard InChI is InChI=1S/C16H35N/c1-7-8-9-10-11-12-13-17-16(5,6)14-15(2,3)4/h17H,7-14H2,1-6H3. The molecule has 0 aliphatic carbocycles. The van der Waals surface area contributed by atoms with Crippen LogP contribution in [0.15, 0.2) is 0 Å². The normalized spacial score (nSPS) is 13.1. The molecule has 0 bridgehead atoms. The Morgan fingerprint density at radius 1 is 0.765 bits per heavy atom. The third-order valence-corrected chi connectivity index (χ3v) is 3.11. The minimum absolute atomic E-state index is 0.279. The summed E-state index contributed by atoms with van der Waals surface area (Å²) in [7, 11) is 0. The molecule has 0 fully saturated rings. The van der Waals surface area contributed by atoms with Crippen LogP contribution in [0.5, 0.6) is 0 Å². The van der Waals surface area contributed by atoms with Gasteiger partial charge in [0.05, 0.1) is 0 Å². The lowest BCUT2D eigenvalue weighted by atomic mass is 9.82. The van der Waals surface area contributed by atoms with E-state index in [2.05, 4.69) is 46.9 Å². The molecule has 0 atom stereocenters. The summed E-state index contributed by atoms with van der Waals surface area (Å²) >= 11 is 0. The monoisotopic (exact) mass is 241 g/mol. The van der Waals surface area contributed by atoms with Crippen LogP contribution in [0.25, 0.3) is 0 Å². The molecule has 0 amide bonds. The highest BCUT2D eigenvalue weighted by Gasteiger charge is 2.24. The molecule has 0 aliphatic heterocycles. The van der Waals surface area contributed by atoms with E-state index in [-0.39, 0.29) is 5.54 Å². The molecule has 0 aromatic heterocycles. The van der Waals surface area contributed by atoms with Crippen LogP contribution >= 0.6 is 0 Å². The van der Waals surface area contributed by atoms with Gasteiger partial charge in [-0.2, -0.15) is 0 Å². The van der Waals surface area contributed by atoms with Gasteiger partial charge in [-0.15, -0.1) is 0 Å². The Morgan fingerprint density at radius 2 is 1.29 bits per heavy atom. The minimum atomic E-state index is 0.279. The lowest BCUT2D eigenvalue weighted by Gasteiger charge is -2.33. The summed E-state index contributed by atoms with van der Waals surface area (Å²) in [6, 6.07) is 0. The van der Waals surface area contributed by atoms with Gasteiger partial charge in [-0.1, -0.05) is 59.8 Å². The van der Waals surface area contributed by atoms with E-state index >= 15 is 0 Å². The predicted molar refractivity (Wildman–Crippen MR) is 79.5 cm³/mol. The molecular formula is C16H35N. The van der Waals surface area contributed by atoms with Gasteiger partial charge in [-0.25, -0.2) is 0 Å². The highest BCUT2D eigenvalue weighted by Crippen LogP contribution is 2.26. The minimum Gasteiger partial charge on any atom is -0.312 e. The maximum Gasteiger partial charge on any atom is 0.0130 e. The Hall–Kier alpha value is -0.0400. The summed E-state index contributed by atoms with van der Waals surface area (Å²) in [5.74, 6) is 0. The van der Waals surface area contributed by atoms with Crippen LogP contribution < -0.4 is 5.32 Å². The van der Waals surface area contributed by atoms with Gasteiger partial charge in [0.1, 0.15) is 0 Å². The van der Waals surface area contributed by atoms with Crippen molar-refractivity contribution in [2.24, 2.45) is 5.41 Å². The summed E-state index contributed by atoms with van der Waals surface area (Å²) in [5.41, 5.74) is 0.694. The van der Waals surface area contributed by atoms with Crippen molar-refractivity contribution in [1.82, 2.24) is 5.32 Å². The molecule has 0 aromatic rings. The number of unbranched alkanes of at least 4 members (excludes halogenated alkanes) is 5. The van der Waals surface area contributed by atoms with E-state index in [1.165, 1.54) is 51.5 Å². The van der Waals surface area contributed by atoms with Gasteiger partial charge in [-0.3, -0.25) is 0 Å². The Kier molecular flexibility index (Phi) is 8.11. The maximum absolute atomic E-state index is 3.71. The van der Waals surface area contributed by atoms with Gasteiger partial charge in [0.2, 0.25) is 0 Å². The van der Waals surface area contributed by atoms with Crippen LogP contribution in [0, 0.1) is 5.41 Å². The Balaban J connectivity index is 3.52. The van der Waals surface area contributed by atoms with Gasteiger partial charge in [-0.05, 0) is 38.6 Å². The molecule has 0 radical (unpaired) electrons. The second kappa shape index (κ2) is 8.13. The van der Waals surface area contributed by atoms with Gasteiger partial charge in [0, 0.05) is 5.54 Å². The van der Waals surface area contributed by atoms with Crippen LogP contribution in [0.4, 0.5) is 0 Å². The second-order valence-corrected chi connectivity index (χ2v) is 7.32. The van der Waals surface area contributed by atoms with E-state index < -0.39 is 0 Å². The number of hydrogen-bond donors (Lipinski definition) is 1. The Bertz CT molecular complexity index is 176. The van der Waals surface area contributed by atoms with E-state index in [9.17, 15) is 0 Å². The summed E-state index contributed by atoms with van der Waals surface area (Å²) < 4.78 is 0. The maximum atomic E-state index is 3.71. The van der Waals surface area contributed by atoms with E-state index in [1.807, 2.05) is 0 Å². The zero-order chi connectivity index (χ0) is 13.4. The van der Waals surface area contributed by atoms with Crippen molar-refractivity contribution in [3.05, 3.63) is 0 Å². The third kappa shape index (κ3) is 12.2. The third-order valence-electron chi connectivity index (χ3n) is 3.11. The van der Waals surface area contributed by atoms with Gasteiger partial charge in [0.15, 0.2) is 0 Å². The van der Waals surface area contributed by atoms with Crippen LogP contribution in [-0.4, -0.2) is 12.1 Å². The highest BCUT2D eigenvalue weighted by molar-refractivity contribution is 4.82. The molecule has 0 aromatic carbocycles. The molecule has 1 nitrogen and oxygen atoms in total. The van der Waals surface area contributed by atoms with Crippen molar-refractivity contribution < 1.29 is 0 Å². The van der Waals surface area contributed by atoms with Crippen molar-refractivity contribution in [3.8, 4) is 0 Å². The van der Waals surface area contributed by atoms with Crippen molar-refractivity contribution in [2.45, 2.75) is 92.0 Å². The van der Waals surface area contributed by atoms with Crippen LogP contribution in [0.1, 0.15) is 86.5 Å². The van der Waals surface area contributed by atoms with Gasteiger partial charge >= 0.3 is 0 Å². The topological polar surface area (TPSA) is 12.0 Å².